The Bertz CT molecular complexity index is 253. The Balaban J connectivity index is 2.20. The molecule has 0 radical (unpaired) electrons. The second-order valence-electron chi connectivity index (χ2n) is 4.21. The van der Waals surface area contributed by atoms with E-state index in [0.29, 0.717) is 0 Å². The predicted octanol–water partition coefficient (Wildman–Crippen LogP) is 1.24. The zero-order valence-electron chi connectivity index (χ0n) is 8.39. The average Bonchev–Trinajstić information content (AvgIpc) is 2.57. The molecule has 1 aliphatic carbocycles. The summed E-state index contributed by atoms with van der Waals surface area (Å²) in [6, 6.07) is -0.234. The first-order chi connectivity index (χ1) is 6.45. The summed E-state index contributed by atoms with van der Waals surface area (Å²) in [5, 5.41) is 4.94. The largest absolute Gasteiger partial charge is 0.335 e. The van der Waals surface area contributed by atoms with Gasteiger partial charge in [-0.2, -0.15) is 0 Å². The van der Waals surface area contributed by atoms with Gasteiger partial charge in [0.05, 0.1) is 0 Å². The number of rotatable bonds is 3. The fourth-order valence-electron chi connectivity index (χ4n) is 1.18. The molecule has 0 heterocycles. The Hall–Kier alpha value is -0.770. The highest BCUT2D eigenvalue weighted by Crippen LogP contribution is 2.44. The summed E-state index contributed by atoms with van der Waals surface area (Å²) in [5.74, 6) is -0.107. The first kappa shape index (κ1) is 11.3. The van der Waals surface area contributed by atoms with Gasteiger partial charge in [0.1, 0.15) is 0 Å². The molecule has 3 amide bonds. The molecule has 2 N–H and O–H groups in total. The van der Waals surface area contributed by atoms with Gasteiger partial charge < -0.3 is 5.32 Å². The van der Waals surface area contributed by atoms with E-state index in [9.17, 15) is 9.59 Å². The zero-order chi connectivity index (χ0) is 10.8. The molecule has 1 saturated carbocycles. The van der Waals surface area contributed by atoms with Crippen molar-refractivity contribution in [2.24, 2.45) is 5.41 Å². The molecule has 0 spiro atoms. The van der Waals surface area contributed by atoms with Crippen LogP contribution in [-0.2, 0) is 4.79 Å². The summed E-state index contributed by atoms with van der Waals surface area (Å²) in [5.41, 5.74) is 0.173. The van der Waals surface area contributed by atoms with Gasteiger partial charge in [-0.05, 0) is 11.8 Å². The van der Waals surface area contributed by atoms with Crippen molar-refractivity contribution in [2.75, 3.05) is 5.88 Å². The van der Waals surface area contributed by atoms with Crippen molar-refractivity contribution in [3.63, 3.8) is 0 Å². The van der Waals surface area contributed by atoms with Crippen LogP contribution in [0.1, 0.15) is 26.7 Å². The van der Waals surface area contributed by atoms with Crippen LogP contribution < -0.4 is 10.6 Å². The summed E-state index contributed by atoms with van der Waals surface area (Å²) in [6.45, 7) is 4.14. The van der Waals surface area contributed by atoms with Crippen molar-refractivity contribution in [3.8, 4) is 0 Å². The third-order valence-corrected chi connectivity index (χ3v) is 2.58. The number of amides is 3. The number of alkyl halides is 1. The molecule has 0 aromatic carbocycles. The van der Waals surface area contributed by atoms with Crippen LogP contribution >= 0.6 is 11.6 Å². The molecule has 1 aliphatic rings. The molecular formula is C9H15ClN2O2. The van der Waals surface area contributed by atoms with Gasteiger partial charge in [-0.15, -0.1) is 11.6 Å². The quantitative estimate of drug-likeness (QED) is 0.701. The smallest absolute Gasteiger partial charge is 0.321 e. The van der Waals surface area contributed by atoms with Gasteiger partial charge in [0.2, 0.25) is 5.91 Å². The van der Waals surface area contributed by atoms with Crippen molar-refractivity contribution < 1.29 is 9.59 Å². The standard InChI is InChI=1S/C9H15ClN2O2/c1-9(2)5-6(9)11-8(14)12-7(13)3-4-10/h6H,3-5H2,1-2H3,(H2,11,12,13,14). The molecule has 1 atom stereocenters. The first-order valence-electron chi connectivity index (χ1n) is 4.62. The predicted molar refractivity (Wildman–Crippen MR) is 54.2 cm³/mol. The van der Waals surface area contributed by atoms with E-state index in [4.69, 9.17) is 11.6 Å². The summed E-state index contributed by atoms with van der Waals surface area (Å²) >= 11 is 5.35. The van der Waals surface area contributed by atoms with Crippen LogP contribution in [0, 0.1) is 5.41 Å². The number of hydrogen-bond donors (Lipinski definition) is 2. The van der Waals surface area contributed by atoms with E-state index in [2.05, 4.69) is 24.5 Å². The number of nitrogens with one attached hydrogen (secondary N) is 2. The average molecular weight is 219 g/mol. The number of carbonyl (C=O) groups excluding carboxylic acids is 2. The fraction of sp³-hybridized carbons (Fsp3) is 0.778. The van der Waals surface area contributed by atoms with Crippen molar-refractivity contribution in [1.82, 2.24) is 10.6 Å². The maximum atomic E-state index is 11.2. The van der Waals surface area contributed by atoms with E-state index < -0.39 is 6.03 Å². The highest BCUT2D eigenvalue weighted by atomic mass is 35.5. The van der Waals surface area contributed by atoms with Crippen molar-refractivity contribution >= 4 is 23.5 Å². The Labute approximate surface area is 88.4 Å². The second kappa shape index (κ2) is 4.17. The molecule has 0 aliphatic heterocycles. The van der Waals surface area contributed by atoms with Crippen LogP contribution in [0.4, 0.5) is 4.79 Å². The Morgan fingerprint density at radius 1 is 1.50 bits per heavy atom. The number of urea groups is 1. The Morgan fingerprint density at radius 3 is 2.50 bits per heavy atom. The minimum absolute atomic E-state index is 0.170. The van der Waals surface area contributed by atoms with Crippen molar-refractivity contribution in [1.29, 1.82) is 0 Å². The lowest BCUT2D eigenvalue weighted by Crippen LogP contribution is -2.41. The summed E-state index contributed by atoms with van der Waals surface area (Å²) in [6.07, 6.45) is 1.13. The molecule has 14 heavy (non-hydrogen) atoms. The van der Waals surface area contributed by atoms with Gasteiger partial charge in [-0.25, -0.2) is 4.79 Å². The monoisotopic (exact) mass is 218 g/mol. The van der Waals surface area contributed by atoms with E-state index >= 15 is 0 Å². The lowest BCUT2D eigenvalue weighted by molar-refractivity contribution is -0.119. The molecule has 5 heteroatoms. The normalized spacial score (nSPS) is 22.6. The maximum absolute atomic E-state index is 11.2. The highest BCUT2D eigenvalue weighted by molar-refractivity contribution is 6.19. The zero-order valence-corrected chi connectivity index (χ0v) is 9.15. The molecular weight excluding hydrogens is 204 g/mol. The molecule has 4 nitrogen and oxygen atoms in total. The van der Waals surface area contributed by atoms with Gasteiger partial charge in [0.25, 0.3) is 0 Å². The summed E-state index contributed by atoms with van der Waals surface area (Å²) < 4.78 is 0. The van der Waals surface area contributed by atoms with Gasteiger partial charge in [-0.3, -0.25) is 10.1 Å². The summed E-state index contributed by atoms with van der Waals surface area (Å²) in [7, 11) is 0. The fourth-order valence-corrected chi connectivity index (χ4v) is 1.35. The van der Waals surface area contributed by atoms with Crippen LogP contribution in [-0.4, -0.2) is 23.9 Å². The molecule has 80 valence electrons. The van der Waals surface area contributed by atoms with Crippen LogP contribution in [0.3, 0.4) is 0 Å². The van der Waals surface area contributed by atoms with E-state index in [1.54, 1.807) is 0 Å². The Morgan fingerprint density at radius 2 is 2.07 bits per heavy atom. The number of hydrogen-bond acceptors (Lipinski definition) is 2. The lowest BCUT2D eigenvalue weighted by Gasteiger charge is -2.07. The molecule has 0 bridgehead atoms. The molecule has 0 aromatic rings. The molecule has 0 aromatic heterocycles. The lowest BCUT2D eigenvalue weighted by atomic mass is 10.2. The van der Waals surface area contributed by atoms with E-state index in [0.717, 1.165) is 6.42 Å². The molecule has 1 unspecified atom stereocenters. The van der Waals surface area contributed by atoms with Crippen LogP contribution in [0.25, 0.3) is 0 Å². The maximum Gasteiger partial charge on any atom is 0.321 e. The second-order valence-corrected chi connectivity index (χ2v) is 4.58. The van der Waals surface area contributed by atoms with E-state index in [1.165, 1.54) is 0 Å². The van der Waals surface area contributed by atoms with Crippen molar-refractivity contribution in [2.45, 2.75) is 32.7 Å². The number of imide groups is 1. The van der Waals surface area contributed by atoms with Crippen LogP contribution in [0.2, 0.25) is 0 Å². The van der Waals surface area contributed by atoms with Crippen molar-refractivity contribution in [3.05, 3.63) is 0 Å². The van der Waals surface area contributed by atoms with Gasteiger partial charge >= 0.3 is 6.03 Å². The first-order valence-corrected chi connectivity index (χ1v) is 5.15. The number of halogens is 1. The third kappa shape index (κ3) is 3.18. The Kier molecular flexibility index (Phi) is 3.37. The van der Waals surface area contributed by atoms with Crippen LogP contribution in [0.15, 0.2) is 0 Å². The third-order valence-electron chi connectivity index (χ3n) is 2.39. The minimum Gasteiger partial charge on any atom is -0.335 e. The SMILES string of the molecule is CC1(C)CC1NC(=O)NC(=O)CCCl. The van der Waals surface area contributed by atoms with Gasteiger partial charge in [0, 0.05) is 18.3 Å². The van der Waals surface area contributed by atoms with E-state index in [-0.39, 0.29) is 29.7 Å². The number of carbonyl (C=O) groups is 2. The topological polar surface area (TPSA) is 58.2 Å². The summed E-state index contributed by atoms with van der Waals surface area (Å²) in [4.78, 5) is 22.1. The molecule has 1 fully saturated rings. The van der Waals surface area contributed by atoms with Crippen LogP contribution in [0.5, 0.6) is 0 Å². The highest BCUT2D eigenvalue weighted by Gasteiger charge is 2.46. The van der Waals surface area contributed by atoms with Gasteiger partial charge in [0.15, 0.2) is 0 Å². The molecule has 0 saturated heterocycles. The molecule has 1 rings (SSSR count). The van der Waals surface area contributed by atoms with E-state index in [1.807, 2.05) is 0 Å². The minimum atomic E-state index is -0.421. The van der Waals surface area contributed by atoms with Gasteiger partial charge in [-0.1, -0.05) is 13.8 Å².